The molecule has 0 saturated heterocycles. The first-order valence-electron chi connectivity index (χ1n) is 8.06. The van der Waals surface area contributed by atoms with Crippen LogP contribution in [0.5, 0.6) is 0 Å². The molecule has 22 heavy (non-hydrogen) atoms. The first-order chi connectivity index (χ1) is 10.8. The minimum atomic E-state index is -0.227. The van der Waals surface area contributed by atoms with E-state index in [4.69, 9.17) is 5.73 Å². The van der Waals surface area contributed by atoms with Crippen molar-refractivity contribution in [1.29, 1.82) is 0 Å². The Morgan fingerprint density at radius 2 is 1.64 bits per heavy atom. The molecule has 0 aromatic carbocycles. The van der Waals surface area contributed by atoms with Crippen molar-refractivity contribution >= 4 is 5.91 Å². The minimum absolute atomic E-state index is 0.227. The molecular formula is C20H29NO. The zero-order chi connectivity index (χ0) is 16.3. The van der Waals surface area contributed by atoms with Crippen molar-refractivity contribution < 1.29 is 4.79 Å². The van der Waals surface area contributed by atoms with Crippen LogP contribution in [0, 0.1) is 0 Å². The van der Waals surface area contributed by atoms with E-state index in [1.807, 2.05) is 18.2 Å². The molecule has 0 aliphatic heterocycles. The van der Waals surface area contributed by atoms with Crippen LogP contribution < -0.4 is 5.73 Å². The van der Waals surface area contributed by atoms with E-state index in [0.29, 0.717) is 6.42 Å². The van der Waals surface area contributed by atoms with Gasteiger partial charge in [0.1, 0.15) is 0 Å². The summed E-state index contributed by atoms with van der Waals surface area (Å²) in [6.45, 7) is 2.14. The van der Waals surface area contributed by atoms with Crippen molar-refractivity contribution in [1.82, 2.24) is 0 Å². The number of nitrogens with two attached hydrogens (primary N) is 1. The van der Waals surface area contributed by atoms with E-state index in [9.17, 15) is 4.79 Å². The molecule has 0 bridgehead atoms. The van der Waals surface area contributed by atoms with Gasteiger partial charge in [-0.25, -0.2) is 0 Å². The van der Waals surface area contributed by atoms with Crippen molar-refractivity contribution in [2.45, 2.75) is 51.9 Å². The number of carbonyl (C=O) groups is 1. The third-order valence-electron chi connectivity index (χ3n) is 2.77. The molecule has 0 aromatic heterocycles. The largest absolute Gasteiger partial charge is 0.370 e. The quantitative estimate of drug-likeness (QED) is 0.230. The minimum Gasteiger partial charge on any atom is -0.370 e. The van der Waals surface area contributed by atoms with Gasteiger partial charge >= 0.3 is 0 Å². The number of hydrogen-bond donors (Lipinski definition) is 1. The second kappa shape index (κ2) is 17.0. The van der Waals surface area contributed by atoms with Crippen LogP contribution in [0.25, 0.3) is 0 Å². The summed E-state index contributed by atoms with van der Waals surface area (Å²) in [5, 5.41) is 0. The molecular weight excluding hydrogens is 270 g/mol. The average Bonchev–Trinajstić information content (AvgIpc) is 2.50. The molecule has 0 spiro atoms. The molecule has 0 radical (unpaired) electrons. The van der Waals surface area contributed by atoms with Crippen molar-refractivity contribution in [2.75, 3.05) is 0 Å². The van der Waals surface area contributed by atoms with Gasteiger partial charge in [0.2, 0.25) is 5.91 Å². The van der Waals surface area contributed by atoms with E-state index in [2.05, 4.69) is 55.2 Å². The van der Waals surface area contributed by atoms with Crippen LogP contribution in [0.4, 0.5) is 0 Å². The molecule has 120 valence electrons. The maximum atomic E-state index is 10.5. The SMILES string of the molecule is CC/C=C\C/C=C\C/C=C\C=C=CC/C=C\CCCC(N)=O. The molecule has 0 fully saturated rings. The highest BCUT2D eigenvalue weighted by atomic mass is 16.1. The Kier molecular flexibility index (Phi) is 15.4. The van der Waals surface area contributed by atoms with Gasteiger partial charge in [-0.2, -0.15) is 0 Å². The van der Waals surface area contributed by atoms with E-state index < -0.39 is 0 Å². The first-order valence-corrected chi connectivity index (χ1v) is 8.06. The van der Waals surface area contributed by atoms with Crippen LogP contribution in [-0.4, -0.2) is 5.91 Å². The molecule has 2 nitrogen and oxygen atoms in total. The van der Waals surface area contributed by atoms with Gasteiger partial charge in [-0.05, 0) is 50.7 Å². The van der Waals surface area contributed by atoms with Crippen LogP contribution in [0.1, 0.15) is 51.9 Å². The van der Waals surface area contributed by atoms with Crippen molar-refractivity contribution in [3.8, 4) is 0 Å². The summed E-state index contributed by atoms with van der Waals surface area (Å²) in [5.41, 5.74) is 8.18. The van der Waals surface area contributed by atoms with Gasteiger partial charge < -0.3 is 5.73 Å². The Balaban J connectivity index is 3.62. The molecule has 0 aliphatic rings. The number of rotatable bonds is 12. The number of allylic oxidation sites excluding steroid dienone is 9. The van der Waals surface area contributed by atoms with Gasteiger partial charge in [0.05, 0.1) is 0 Å². The topological polar surface area (TPSA) is 43.1 Å². The molecule has 2 N–H and O–H groups in total. The number of hydrogen-bond acceptors (Lipinski definition) is 1. The molecule has 1 amide bonds. The van der Waals surface area contributed by atoms with Gasteiger partial charge in [0.25, 0.3) is 0 Å². The van der Waals surface area contributed by atoms with E-state index in [0.717, 1.165) is 38.5 Å². The Labute approximate surface area is 135 Å². The third kappa shape index (κ3) is 17.9. The Hall–Kier alpha value is -2.05. The fraction of sp³-hybridized carbons (Fsp3) is 0.400. The number of amides is 1. The summed E-state index contributed by atoms with van der Waals surface area (Å²) in [6.07, 6.45) is 27.0. The highest BCUT2D eigenvalue weighted by Gasteiger charge is 1.90. The fourth-order valence-electron chi connectivity index (χ4n) is 1.63. The molecule has 0 saturated carbocycles. The maximum absolute atomic E-state index is 10.5. The van der Waals surface area contributed by atoms with Crippen LogP contribution in [0.3, 0.4) is 0 Å². The normalized spacial score (nSPS) is 11.7. The van der Waals surface area contributed by atoms with E-state index >= 15 is 0 Å². The van der Waals surface area contributed by atoms with E-state index in [1.54, 1.807) is 0 Å². The molecule has 0 aliphatic carbocycles. The van der Waals surface area contributed by atoms with Gasteiger partial charge in [-0.15, -0.1) is 5.73 Å². The summed E-state index contributed by atoms with van der Waals surface area (Å²) in [5.74, 6) is -0.227. The lowest BCUT2D eigenvalue weighted by atomic mass is 10.2. The fourth-order valence-corrected chi connectivity index (χ4v) is 1.63. The predicted octanol–water partition coefficient (Wildman–Crippen LogP) is 5.16. The summed E-state index contributed by atoms with van der Waals surface area (Å²) in [4.78, 5) is 10.5. The zero-order valence-electron chi connectivity index (χ0n) is 13.7. The molecule has 0 heterocycles. The first kappa shape index (κ1) is 19.9. The lowest BCUT2D eigenvalue weighted by Gasteiger charge is -1.90. The second-order valence-electron chi connectivity index (χ2n) is 4.85. The Morgan fingerprint density at radius 1 is 0.955 bits per heavy atom. The third-order valence-corrected chi connectivity index (χ3v) is 2.77. The lowest BCUT2D eigenvalue weighted by Crippen LogP contribution is -2.09. The van der Waals surface area contributed by atoms with Crippen molar-refractivity contribution in [2.24, 2.45) is 5.73 Å². The number of carbonyl (C=O) groups excluding carboxylic acids is 1. The maximum Gasteiger partial charge on any atom is 0.217 e. The zero-order valence-corrected chi connectivity index (χ0v) is 13.7. The molecule has 2 heteroatoms. The molecule has 0 rings (SSSR count). The summed E-state index contributed by atoms with van der Waals surface area (Å²) in [6, 6.07) is 0. The molecule has 0 unspecified atom stereocenters. The van der Waals surface area contributed by atoms with Crippen molar-refractivity contribution in [3.63, 3.8) is 0 Å². The Morgan fingerprint density at radius 3 is 2.36 bits per heavy atom. The van der Waals surface area contributed by atoms with Crippen LogP contribution >= 0.6 is 0 Å². The van der Waals surface area contributed by atoms with Gasteiger partial charge in [0, 0.05) is 6.42 Å². The monoisotopic (exact) mass is 299 g/mol. The predicted molar refractivity (Wildman–Crippen MR) is 96.4 cm³/mol. The highest BCUT2D eigenvalue weighted by Crippen LogP contribution is 1.97. The van der Waals surface area contributed by atoms with Crippen LogP contribution in [0.2, 0.25) is 0 Å². The summed E-state index contributed by atoms with van der Waals surface area (Å²) >= 11 is 0. The standard InChI is InChI=1S/C20H29NO/c1-2-3-4-5-6-7-8-9-10-11-12-13-14-15-16-17-18-19-20(21)22/h3-4,6-7,9-11,13,15-16H,2,5,8,14,17-19H2,1H3,(H2,21,22)/b4-3-,7-6-,10-9-,16-15-. The highest BCUT2D eigenvalue weighted by molar-refractivity contribution is 5.73. The van der Waals surface area contributed by atoms with Gasteiger partial charge in [-0.1, -0.05) is 55.5 Å². The Bertz CT molecular complexity index is 446. The van der Waals surface area contributed by atoms with Crippen LogP contribution in [-0.2, 0) is 4.79 Å². The van der Waals surface area contributed by atoms with Crippen molar-refractivity contribution in [3.05, 3.63) is 66.5 Å². The summed E-state index contributed by atoms with van der Waals surface area (Å²) < 4.78 is 0. The number of primary amides is 1. The van der Waals surface area contributed by atoms with Gasteiger partial charge in [0.15, 0.2) is 0 Å². The lowest BCUT2D eigenvalue weighted by molar-refractivity contribution is -0.118. The number of unbranched alkanes of at least 4 members (excludes halogenated alkanes) is 1. The molecule has 0 aromatic rings. The van der Waals surface area contributed by atoms with Crippen LogP contribution in [0.15, 0.2) is 66.5 Å². The average molecular weight is 299 g/mol. The smallest absolute Gasteiger partial charge is 0.217 e. The van der Waals surface area contributed by atoms with E-state index in [-0.39, 0.29) is 5.91 Å². The summed E-state index contributed by atoms with van der Waals surface area (Å²) in [7, 11) is 0. The van der Waals surface area contributed by atoms with Gasteiger partial charge in [-0.3, -0.25) is 4.79 Å². The second-order valence-corrected chi connectivity index (χ2v) is 4.85. The van der Waals surface area contributed by atoms with E-state index in [1.165, 1.54) is 0 Å². The molecule has 0 atom stereocenters.